The van der Waals surface area contributed by atoms with Crippen LogP contribution in [-0.2, 0) is 9.13 Å². The zero-order valence-electron chi connectivity index (χ0n) is 6.37. The maximum atomic E-state index is 10.6. The van der Waals surface area contributed by atoms with Gasteiger partial charge in [-0.05, 0) is 0 Å². The van der Waals surface area contributed by atoms with E-state index in [2.05, 4.69) is 0 Å². The smallest absolute Gasteiger partial charge is 0.323 e. The van der Waals surface area contributed by atoms with Crippen LogP contribution in [0.5, 0.6) is 0 Å². The van der Waals surface area contributed by atoms with E-state index >= 15 is 0 Å². The fourth-order valence-electron chi connectivity index (χ4n) is 0.617. The van der Waals surface area contributed by atoms with Gasteiger partial charge in [0.1, 0.15) is 0 Å². The van der Waals surface area contributed by atoms with E-state index in [0.29, 0.717) is 0 Å². The molecule has 0 aliphatic rings. The van der Waals surface area contributed by atoms with Crippen LogP contribution in [0.15, 0.2) is 0 Å². The van der Waals surface area contributed by atoms with E-state index in [1.54, 1.807) is 0 Å². The van der Waals surface area contributed by atoms with Crippen LogP contribution in [0.25, 0.3) is 0 Å². The third kappa shape index (κ3) is 5.10. The minimum atomic E-state index is -4.86. The molecular weight excluding hydrogens is 243 g/mol. The minimum absolute atomic E-state index is 0.00347. The van der Waals surface area contributed by atoms with Gasteiger partial charge < -0.3 is 19.6 Å². The summed E-state index contributed by atoms with van der Waals surface area (Å²) in [5, 5.41) is 1.99. The third-order valence-corrected chi connectivity index (χ3v) is 4.69. The maximum absolute atomic E-state index is 10.6. The molecule has 13 heavy (non-hydrogen) atoms. The molecule has 0 amide bonds. The van der Waals surface area contributed by atoms with Gasteiger partial charge in [-0.25, -0.2) is 0 Å². The van der Waals surface area contributed by atoms with E-state index in [4.69, 9.17) is 31.2 Å². The van der Waals surface area contributed by atoms with Crippen molar-refractivity contribution >= 4 is 26.8 Å². The Labute approximate surface area is 79.4 Å². The first-order valence-corrected chi connectivity index (χ1v) is 6.99. The Kier molecular flexibility index (Phi) is 5.07. The molecule has 0 radical (unpaired) electrons. The van der Waals surface area contributed by atoms with Crippen LogP contribution in [0.4, 0.5) is 0 Å². The van der Waals surface area contributed by atoms with Gasteiger partial charge in [0.05, 0.1) is 0 Å². The lowest BCUT2D eigenvalue weighted by atomic mass is 10.8. The Bertz CT molecular complexity index is 224. The van der Waals surface area contributed by atoms with E-state index in [-0.39, 0.29) is 12.4 Å². The lowest BCUT2D eigenvalue weighted by molar-refractivity contribution is 0.329. The topological polar surface area (TPSA) is 127 Å². The molecule has 0 bridgehead atoms. The van der Waals surface area contributed by atoms with Gasteiger partial charge in [-0.1, -0.05) is 0 Å². The van der Waals surface area contributed by atoms with Gasteiger partial charge in [-0.15, -0.1) is 11.6 Å². The maximum Gasteiger partial charge on any atom is 0.354 e. The summed E-state index contributed by atoms with van der Waals surface area (Å²) in [6.07, 6.45) is 0. The fraction of sp³-hybridized carbons (Fsp3) is 1.00. The SMILES string of the molecule is O=P(O)(O)C(NCCCl)P(=O)(O)O. The molecule has 0 rings (SSSR count). The van der Waals surface area contributed by atoms with Gasteiger partial charge in [0.2, 0.25) is 5.52 Å². The second-order valence-corrected chi connectivity index (χ2v) is 6.37. The monoisotopic (exact) mass is 253 g/mol. The highest BCUT2D eigenvalue weighted by atomic mass is 35.5. The first-order chi connectivity index (χ1) is 5.69. The Morgan fingerprint density at radius 1 is 1.15 bits per heavy atom. The second-order valence-electron chi connectivity index (χ2n) is 2.19. The van der Waals surface area contributed by atoms with Gasteiger partial charge in [0.15, 0.2) is 0 Å². The van der Waals surface area contributed by atoms with Crippen LogP contribution in [0, 0.1) is 0 Å². The molecular formula is C3H10ClNO6P2. The Morgan fingerprint density at radius 3 is 1.77 bits per heavy atom. The number of alkyl halides is 1. The van der Waals surface area contributed by atoms with Gasteiger partial charge in [0.25, 0.3) is 0 Å². The third-order valence-electron chi connectivity index (χ3n) is 1.06. The summed E-state index contributed by atoms with van der Waals surface area (Å²) in [6, 6.07) is 0. The van der Waals surface area contributed by atoms with Crippen molar-refractivity contribution in [2.45, 2.75) is 5.52 Å². The Hall–Kier alpha value is 0.550. The molecule has 10 heteroatoms. The predicted molar refractivity (Wildman–Crippen MR) is 46.6 cm³/mol. The molecule has 0 atom stereocenters. The van der Waals surface area contributed by atoms with Gasteiger partial charge in [0, 0.05) is 12.4 Å². The minimum Gasteiger partial charge on any atom is -0.323 e. The summed E-state index contributed by atoms with van der Waals surface area (Å²) in [5.41, 5.74) is -2.17. The summed E-state index contributed by atoms with van der Waals surface area (Å²) in [6.45, 7) is -0.0948. The molecule has 0 aromatic rings. The molecule has 0 fully saturated rings. The summed E-state index contributed by atoms with van der Waals surface area (Å²) in [7, 11) is -9.72. The van der Waals surface area contributed by atoms with E-state index in [1.165, 1.54) is 0 Å². The summed E-state index contributed by atoms with van der Waals surface area (Å²) in [5.74, 6) is -0.00347. The van der Waals surface area contributed by atoms with Crippen LogP contribution in [-0.4, -0.2) is 37.5 Å². The molecule has 0 aliphatic carbocycles. The average molecular weight is 254 g/mol. The van der Waals surface area contributed by atoms with Gasteiger partial charge >= 0.3 is 15.2 Å². The van der Waals surface area contributed by atoms with Crippen LogP contribution >= 0.6 is 26.8 Å². The zero-order chi connectivity index (χ0) is 10.7. The highest BCUT2D eigenvalue weighted by Crippen LogP contribution is 2.58. The second kappa shape index (κ2) is 4.87. The zero-order valence-corrected chi connectivity index (χ0v) is 8.91. The highest BCUT2D eigenvalue weighted by molar-refractivity contribution is 7.70. The van der Waals surface area contributed by atoms with Crippen molar-refractivity contribution in [3.63, 3.8) is 0 Å². The number of hydrogen-bond donors (Lipinski definition) is 5. The molecule has 0 heterocycles. The standard InChI is InChI=1S/C3H10ClNO6P2/c4-1-2-5-3(12(6,7)8)13(9,10)11/h3,5H,1-2H2,(H2,6,7,8)(H2,9,10,11). The molecule has 80 valence electrons. The normalized spacial score (nSPS) is 13.7. The molecule has 0 aromatic heterocycles. The van der Waals surface area contributed by atoms with Crippen molar-refractivity contribution in [1.29, 1.82) is 0 Å². The van der Waals surface area contributed by atoms with Crippen molar-refractivity contribution in [2.75, 3.05) is 12.4 Å². The molecule has 0 aromatic carbocycles. The van der Waals surface area contributed by atoms with Crippen LogP contribution in [0.1, 0.15) is 0 Å². The molecule has 0 saturated carbocycles. The van der Waals surface area contributed by atoms with Crippen LogP contribution in [0.2, 0.25) is 0 Å². The van der Waals surface area contributed by atoms with Crippen LogP contribution in [0.3, 0.4) is 0 Å². The van der Waals surface area contributed by atoms with Crippen molar-refractivity contribution in [2.24, 2.45) is 0 Å². The molecule has 7 nitrogen and oxygen atoms in total. The molecule has 0 unspecified atom stereocenters. The van der Waals surface area contributed by atoms with Crippen molar-refractivity contribution in [3.8, 4) is 0 Å². The van der Waals surface area contributed by atoms with Crippen molar-refractivity contribution in [1.82, 2.24) is 5.32 Å². The molecule has 5 N–H and O–H groups in total. The predicted octanol–water partition coefficient (Wildman–Crippen LogP) is -0.546. The number of hydrogen-bond acceptors (Lipinski definition) is 3. The first-order valence-electron chi connectivity index (χ1n) is 3.09. The van der Waals surface area contributed by atoms with E-state index in [1.807, 2.05) is 5.32 Å². The van der Waals surface area contributed by atoms with Gasteiger partial charge in [-0.2, -0.15) is 0 Å². The fourth-order valence-corrected chi connectivity index (χ4v) is 3.03. The van der Waals surface area contributed by atoms with Crippen molar-refractivity contribution < 1.29 is 28.7 Å². The number of rotatable bonds is 5. The Morgan fingerprint density at radius 2 is 1.54 bits per heavy atom. The first kappa shape index (κ1) is 13.5. The molecule has 0 spiro atoms. The highest BCUT2D eigenvalue weighted by Gasteiger charge is 2.42. The largest absolute Gasteiger partial charge is 0.354 e. The lowest BCUT2D eigenvalue weighted by Crippen LogP contribution is -2.30. The average Bonchev–Trinajstić information content (AvgIpc) is 1.81. The summed E-state index contributed by atoms with van der Waals surface area (Å²) < 4.78 is 21.2. The van der Waals surface area contributed by atoms with E-state index in [9.17, 15) is 9.13 Å². The summed E-state index contributed by atoms with van der Waals surface area (Å²) >= 11 is 5.18. The lowest BCUT2D eigenvalue weighted by Gasteiger charge is -2.19. The van der Waals surface area contributed by atoms with Gasteiger partial charge in [-0.3, -0.25) is 14.4 Å². The molecule has 0 aliphatic heterocycles. The van der Waals surface area contributed by atoms with Crippen molar-refractivity contribution in [3.05, 3.63) is 0 Å². The van der Waals surface area contributed by atoms with E-state index < -0.39 is 20.7 Å². The number of nitrogens with one attached hydrogen (secondary N) is 1. The number of halogens is 1. The Balaban J connectivity index is 4.59. The quantitative estimate of drug-likeness (QED) is 0.329. The summed E-state index contributed by atoms with van der Waals surface area (Å²) in [4.78, 5) is 34.2. The molecule has 0 saturated heterocycles. The van der Waals surface area contributed by atoms with Crippen LogP contribution < -0.4 is 5.32 Å². The van der Waals surface area contributed by atoms with E-state index in [0.717, 1.165) is 0 Å².